The first-order valence-corrected chi connectivity index (χ1v) is 7.03. The standard InChI is InChI=1S/C10H20N2O4S/c1-7(5-16-4)17(14,15)12-8-9(13)11-6-10(8,2)3/h7-8,12H,5-6H2,1-4H3,(H,11,13). The molecule has 1 rings (SSSR count). The van der Waals surface area contributed by atoms with Gasteiger partial charge in [-0.2, -0.15) is 0 Å². The van der Waals surface area contributed by atoms with Gasteiger partial charge in [0.2, 0.25) is 15.9 Å². The second-order valence-corrected chi connectivity index (χ2v) is 7.20. The molecule has 0 aliphatic carbocycles. The molecule has 7 heteroatoms. The fraction of sp³-hybridized carbons (Fsp3) is 0.900. The third-order valence-electron chi connectivity index (χ3n) is 2.98. The first-order chi connectivity index (χ1) is 7.70. The maximum atomic E-state index is 11.9. The van der Waals surface area contributed by atoms with Crippen LogP contribution in [0, 0.1) is 5.41 Å². The molecule has 1 aliphatic rings. The molecule has 17 heavy (non-hydrogen) atoms. The van der Waals surface area contributed by atoms with E-state index < -0.39 is 26.7 Å². The van der Waals surface area contributed by atoms with E-state index in [-0.39, 0.29) is 12.5 Å². The summed E-state index contributed by atoms with van der Waals surface area (Å²) in [4.78, 5) is 11.6. The quantitative estimate of drug-likeness (QED) is 0.699. The van der Waals surface area contributed by atoms with Crippen LogP contribution in [0.25, 0.3) is 0 Å². The van der Waals surface area contributed by atoms with Gasteiger partial charge in [0.25, 0.3) is 0 Å². The minimum Gasteiger partial charge on any atom is -0.383 e. The van der Waals surface area contributed by atoms with Crippen LogP contribution in [0.5, 0.6) is 0 Å². The van der Waals surface area contributed by atoms with Crippen LogP contribution in [0.15, 0.2) is 0 Å². The molecule has 1 amide bonds. The van der Waals surface area contributed by atoms with Crippen LogP contribution in [-0.4, -0.2) is 45.9 Å². The zero-order valence-electron chi connectivity index (χ0n) is 10.6. The first-order valence-electron chi connectivity index (χ1n) is 5.48. The monoisotopic (exact) mass is 264 g/mol. The highest BCUT2D eigenvalue weighted by Crippen LogP contribution is 2.25. The number of sulfonamides is 1. The molecule has 0 bridgehead atoms. The van der Waals surface area contributed by atoms with Crippen molar-refractivity contribution in [3.05, 3.63) is 0 Å². The zero-order valence-corrected chi connectivity index (χ0v) is 11.4. The number of nitrogens with one attached hydrogen (secondary N) is 2. The summed E-state index contributed by atoms with van der Waals surface area (Å²) < 4.78 is 31.2. The average molecular weight is 264 g/mol. The van der Waals surface area contributed by atoms with E-state index in [1.165, 1.54) is 7.11 Å². The summed E-state index contributed by atoms with van der Waals surface area (Å²) in [5.41, 5.74) is -0.420. The van der Waals surface area contributed by atoms with Crippen molar-refractivity contribution in [1.82, 2.24) is 10.0 Å². The van der Waals surface area contributed by atoms with E-state index >= 15 is 0 Å². The Labute approximate surface area is 102 Å². The second-order valence-electron chi connectivity index (χ2n) is 5.07. The highest BCUT2D eigenvalue weighted by atomic mass is 32.2. The van der Waals surface area contributed by atoms with Crippen LogP contribution >= 0.6 is 0 Å². The Morgan fingerprint density at radius 1 is 1.59 bits per heavy atom. The lowest BCUT2D eigenvalue weighted by Gasteiger charge is -2.25. The Bertz CT molecular complexity index is 391. The Morgan fingerprint density at radius 2 is 2.18 bits per heavy atom. The Hall–Kier alpha value is -0.660. The minimum absolute atomic E-state index is 0.101. The van der Waals surface area contributed by atoms with Gasteiger partial charge in [-0.25, -0.2) is 13.1 Å². The maximum absolute atomic E-state index is 11.9. The summed E-state index contributed by atoms with van der Waals surface area (Å²) in [6, 6.07) is -0.716. The summed E-state index contributed by atoms with van der Waals surface area (Å²) in [6.07, 6.45) is 0. The SMILES string of the molecule is COCC(C)S(=O)(=O)NC1C(=O)NCC1(C)C. The van der Waals surface area contributed by atoms with Gasteiger partial charge in [0.15, 0.2) is 0 Å². The Morgan fingerprint density at radius 3 is 2.59 bits per heavy atom. The van der Waals surface area contributed by atoms with Gasteiger partial charge in [0.05, 0.1) is 11.9 Å². The number of amides is 1. The smallest absolute Gasteiger partial charge is 0.238 e. The second kappa shape index (κ2) is 4.91. The van der Waals surface area contributed by atoms with Crippen molar-refractivity contribution in [2.45, 2.75) is 32.1 Å². The Kier molecular flexibility index (Phi) is 4.16. The Balaban J connectivity index is 2.80. The molecule has 1 heterocycles. The third kappa shape index (κ3) is 3.17. The third-order valence-corrected chi connectivity index (χ3v) is 4.73. The number of hydrogen-bond acceptors (Lipinski definition) is 4. The number of methoxy groups -OCH3 is 1. The highest BCUT2D eigenvalue weighted by molar-refractivity contribution is 7.90. The summed E-state index contributed by atoms with van der Waals surface area (Å²) >= 11 is 0. The van der Waals surface area contributed by atoms with Crippen LogP contribution in [-0.2, 0) is 19.6 Å². The van der Waals surface area contributed by atoms with Crippen LogP contribution in [0.4, 0.5) is 0 Å². The molecule has 0 saturated carbocycles. The number of carbonyl (C=O) groups is 1. The predicted molar refractivity (Wildman–Crippen MR) is 64.0 cm³/mol. The number of ether oxygens (including phenoxy) is 1. The number of rotatable bonds is 5. The van der Waals surface area contributed by atoms with Crippen molar-refractivity contribution in [3.63, 3.8) is 0 Å². The highest BCUT2D eigenvalue weighted by Gasteiger charge is 2.44. The van der Waals surface area contributed by atoms with Gasteiger partial charge < -0.3 is 10.1 Å². The molecule has 0 aromatic heterocycles. The van der Waals surface area contributed by atoms with E-state index in [2.05, 4.69) is 10.0 Å². The van der Waals surface area contributed by atoms with E-state index in [1.807, 2.05) is 13.8 Å². The van der Waals surface area contributed by atoms with Gasteiger partial charge in [-0.3, -0.25) is 4.79 Å². The largest absolute Gasteiger partial charge is 0.383 e. The van der Waals surface area contributed by atoms with Gasteiger partial charge in [0.1, 0.15) is 6.04 Å². The van der Waals surface area contributed by atoms with E-state index in [0.717, 1.165) is 0 Å². The molecule has 1 saturated heterocycles. The van der Waals surface area contributed by atoms with Gasteiger partial charge in [-0.05, 0) is 6.92 Å². The minimum atomic E-state index is -3.55. The molecule has 1 aliphatic heterocycles. The molecule has 6 nitrogen and oxygen atoms in total. The van der Waals surface area contributed by atoms with Crippen LogP contribution in [0.2, 0.25) is 0 Å². The van der Waals surface area contributed by atoms with Crippen molar-refractivity contribution in [2.24, 2.45) is 5.41 Å². The summed E-state index contributed by atoms with van der Waals surface area (Å²) in [6.45, 7) is 5.81. The molecule has 2 unspecified atom stereocenters. The van der Waals surface area contributed by atoms with Gasteiger partial charge >= 0.3 is 0 Å². The van der Waals surface area contributed by atoms with Crippen LogP contribution in [0.1, 0.15) is 20.8 Å². The summed E-state index contributed by atoms with van der Waals surface area (Å²) in [7, 11) is -2.10. The topological polar surface area (TPSA) is 84.5 Å². The summed E-state index contributed by atoms with van der Waals surface area (Å²) in [5.74, 6) is -0.275. The van der Waals surface area contributed by atoms with Crippen molar-refractivity contribution >= 4 is 15.9 Å². The van der Waals surface area contributed by atoms with E-state index in [9.17, 15) is 13.2 Å². The normalized spacial score (nSPS) is 25.6. The van der Waals surface area contributed by atoms with E-state index in [4.69, 9.17) is 4.74 Å². The lowest BCUT2D eigenvalue weighted by Crippen LogP contribution is -2.50. The van der Waals surface area contributed by atoms with Crippen LogP contribution in [0.3, 0.4) is 0 Å². The van der Waals surface area contributed by atoms with Crippen molar-refractivity contribution in [1.29, 1.82) is 0 Å². The van der Waals surface area contributed by atoms with Crippen LogP contribution < -0.4 is 10.0 Å². The summed E-state index contributed by atoms with van der Waals surface area (Å²) in [5, 5.41) is 1.97. The molecular weight excluding hydrogens is 244 g/mol. The number of carbonyl (C=O) groups excluding carboxylic acids is 1. The van der Waals surface area contributed by atoms with Gasteiger partial charge in [-0.15, -0.1) is 0 Å². The molecule has 1 fully saturated rings. The van der Waals surface area contributed by atoms with E-state index in [0.29, 0.717) is 6.54 Å². The lowest BCUT2D eigenvalue weighted by molar-refractivity contribution is -0.121. The zero-order chi connectivity index (χ0) is 13.3. The van der Waals surface area contributed by atoms with Gasteiger partial charge in [-0.1, -0.05) is 13.8 Å². The van der Waals surface area contributed by atoms with E-state index in [1.54, 1.807) is 6.92 Å². The first kappa shape index (κ1) is 14.4. The molecular formula is C10H20N2O4S. The van der Waals surface area contributed by atoms with Crippen molar-refractivity contribution in [2.75, 3.05) is 20.3 Å². The molecule has 100 valence electrons. The molecule has 0 spiro atoms. The lowest BCUT2D eigenvalue weighted by atomic mass is 9.88. The molecule has 2 atom stereocenters. The molecule has 0 aromatic carbocycles. The van der Waals surface area contributed by atoms with Crippen molar-refractivity contribution < 1.29 is 17.9 Å². The molecule has 0 aromatic rings. The fourth-order valence-corrected chi connectivity index (χ4v) is 2.99. The van der Waals surface area contributed by atoms with Crippen molar-refractivity contribution in [3.8, 4) is 0 Å². The maximum Gasteiger partial charge on any atom is 0.238 e. The van der Waals surface area contributed by atoms with Gasteiger partial charge in [0, 0.05) is 19.1 Å². The number of hydrogen-bond donors (Lipinski definition) is 2. The molecule has 0 radical (unpaired) electrons. The fourth-order valence-electron chi connectivity index (χ4n) is 1.69. The predicted octanol–water partition coefficient (Wildman–Crippen LogP) is -0.535. The average Bonchev–Trinajstić information content (AvgIpc) is 2.45. The molecule has 2 N–H and O–H groups in total.